The number of benzene rings is 1. The molecule has 1 aliphatic rings. The van der Waals surface area contributed by atoms with Crippen molar-refractivity contribution in [2.45, 2.75) is 25.7 Å². The van der Waals surface area contributed by atoms with Gasteiger partial charge in [-0.3, -0.25) is 5.41 Å². The van der Waals surface area contributed by atoms with Gasteiger partial charge in [-0.15, -0.1) is 0 Å². The van der Waals surface area contributed by atoms with Crippen LogP contribution in [0, 0.1) is 5.41 Å². The number of aryl methyl sites for hydroxylation is 1. The Morgan fingerprint density at radius 1 is 1.31 bits per heavy atom. The Kier molecular flexibility index (Phi) is 3.44. The quantitative estimate of drug-likeness (QED) is 0.627. The number of nitrogens with one attached hydrogen (secondary N) is 1. The van der Waals surface area contributed by atoms with Crippen LogP contribution in [0.15, 0.2) is 18.2 Å². The predicted octanol–water partition coefficient (Wildman–Crippen LogP) is 2.57. The molecule has 0 unspecified atom stereocenters. The van der Waals surface area contributed by atoms with Crippen molar-refractivity contribution in [1.29, 1.82) is 5.41 Å². The molecule has 1 aromatic rings. The number of methoxy groups -OCH3 is 1. The fraction of sp³-hybridized carbons (Fsp3) is 0.462. The van der Waals surface area contributed by atoms with E-state index in [0.29, 0.717) is 0 Å². The van der Waals surface area contributed by atoms with Crippen LogP contribution < -0.4 is 4.74 Å². The van der Waals surface area contributed by atoms with Crippen molar-refractivity contribution in [2.24, 2.45) is 0 Å². The van der Waals surface area contributed by atoms with E-state index in [1.165, 1.54) is 31.1 Å². The van der Waals surface area contributed by atoms with Crippen LogP contribution >= 0.6 is 0 Å². The lowest BCUT2D eigenvalue weighted by atomic mass is 9.91. The molecule has 1 aliphatic carbocycles. The van der Waals surface area contributed by atoms with Gasteiger partial charge < -0.3 is 9.47 Å². The summed E-state index contributed by atoms with van der Waals surface area (Å²) in [5.74, 6) is 1.08. The highest BCUT2D eigenvalue weighted by atomic mass is 16.5. The molecule has 0 fully saturated rings. The Morgan fingerprint density at radius 2 is 2.12 bits per heavy atom. The lowest BCUT2D eigenvalue weighted by Crippen LogP contribution is -2.14. The number of ether oxygens (including phenoxy) is 2. The van der Waals surface area contributed by atoms with E-state index in [2.05, 4.69) is 6.07 Å². The third-order valence-corrected chi connectivity index (χ3v) is 2.96. The Hall–Kier alpha value is -1.51. The number of rotatable bonds is 3. The standard InChI is InChI=1S/C13H17NO2/c1-15-13(14)9-16-12-8-4-6-10-5-2-3-7-11(10)12/h4,6,8,14H,2-3,5,7,9H2,1H3. The molecule has 3 nitrogen and oxygen atoms in total. The van der Waals surface area contributed by atoms with Gasteiger partial charge in [0.25, 0.3) is 0 Å². The SMILES string of the molecule is COC(=N)COc1cccc2c1CCCC2. The van der Waals surface area contributed by atoms with E-state index in [-0.39, 0.29) is 12.5 Å². The van der Waals surface area contributed by atoms with Gasteiger partial charge in [0.15, 0.2) is 6.61 Å². The van der Waals surface area contributed by atoms with Gasteiger partial charge in [-0.05, 0) is 42.9 Å². The molecule has 0 saturated heterocycles. The Labute approximate surface area is 95.9 Å². The molecule has 0 aliphatic heterocycles. The summed E-state index contributed by atoms with van der Waals surface area (Å²) < 4.78 is 10.4. The van der Waals surface area contributed by atoms with Crippen LogP contribution in [0.25, 0.3) is 0 Å². The lowest BCUT2D eigenvalue weighted by molar-refractivity contribution is 0.307. The third kappa shape index (κ3) is 2.35. The molecule has 1 aromatic carbocycles. The summed E-state index contributed by atoms with van der Waals surface area (Å²) in [4.78, 5) is 0. The van der Waals surface area contributed by atoms with E-state index < -0.39 is 0 Å². The predicted molar refractivity (Wildman–Crippen MR) is 63.3 cm³/mol. The Bertz CT molecular complexity index is 388. The minimum absolute atomic E-state index is 0.161. The lowest BCUT2D eigenvalue weighted by Gasteiger charge is -2.19. The molecule has 0 aromatic heterocycles. The topological polar surface area (TPSA) is 42.3 Å². The second-order valence-electron chi connectivity index (χ2n) is 4.02. The Balaban J connectivity index is 2.11. The molecular formula is C13H17NO2. The van der Waals surface area contributed by atoms with Gasteiger partial charge in [-0.25, -0.2) is 0 Å². The van der Waals surface area contributed by atoms with Crippen LogP contribution in [0.5, 0.6) is 5.75 Å². The van der Waals surface area contributed by atoms with Crippen LogP contribution in [0.2, 0.25) is 0 Å². The van der Waals surface area contributed by atoms with Crippen molar-refractivity contribution in [3.63, 3.8) is 0 Å². The van der Waals surface area contributed by atoms with Crippen molar-refractivity contribution in [3.05, 3.63) is 29.3 Å². The van der Waals surface area contributed by atoms with Crippen molar-refractivity contribution >= 4 is 5.90 Å². The molecule has 86 valence electrons. The van der Waals surface area contributed by atoms with Gasteiger partial charge in [-0.1, -0.05) is 12.1 Å². The molecule has 1 N–H and O–H groups in total. The van der Waals surface area contributed by atoms with E-state index in [1.54, 1.807) is 0 Å². The van der Waals surface area contributed by atoms with E-state index in [9.17, 15) is 0 Å². The summed E-state index contributed by atoms with van der Waals surface area (Å²) >= 11 is 0. The van der Waals surface area contributed by atoms with Crippen LogP contribution in [0.3, 0.4) is 0 Å². The third-order valence-electron chi connectivity index (χ3n) is 2.96. The van der Waals surface area contributed by atoms with Crippen LogP contribution in [-0.4, -0.2) is 19.6 Å². The second kappa shape index (κ2) is 5.01. The normalized spacial score (nSPS) is 14.1. The summed E-state index contributed by atoms with van der Waals surface area (Å²) in [6, 6.07) is 6.17. The first-order chi connectivity index (χ1) is 7.81. The molecule has 0 saturated carbocycles. The van der Waals surface area contributed by atoms with Gasteiger partial charge in [0.05, 0.1) is 7.11 Å². The van der Waals surface area contributed by atoms with Crippen molar-refractivity contribution in [3.8, 4) is 5.75 Å². The monoisotopic (exact) mass is 219 g/mol. The first kappa shape index (κ1) is 11.0. The van der Waals surface area contributed by atoms with E-state index in [4.69, 9.17) is 14.9 Å². The maximum absolute atomic E-state index is 7.38. The first-order valence-corrected chi connectivity index (χ1v) is 5.66. The molecule has 2 rings (SSSR count). The number of hydrogen-bond donors (Lipinski definition) is 1. The molecule has 0 bridgehead atoms. The van der Waals surface area contributed by atoms with E-state index in [1.807, 2.05) is 12.1 Å². The molecule has 0 heterocycles. The number of fused-ring (bicyclic) bond motifs is 1. The molecule has 0 atom stereocenters. The van der Waals surface area contributed by atoms with Gasteiger partial charge in [-0.2, -0.15) is 0 Å². The minimum atomic E-state index is 0.161. The maximum atomic E-state index is 7.38. The zero-order chi connectivity index (χ0) is 11.4. The summed E-state index contributed by atoms with van der Waals surface area (Å²) in [5, 5.41) is 7.38. The highest BCUT2D eigenvalue weighted by Crippen LogP contribution is 2.29. The highest BCUT2D eigenvalue weighted by Gasteiger charge is 2.13. The first-order valence-electron chi connectivity index (χ1n) is 5.66. The molecule has 3 heteroatoms. The summed E-state index contributed by atoms with van der Waals surface area (Å²) in [5.41, 5.74) is 2.71. The molecule has 0 radical (unpaired) electrons. The van der Waals surface area contributed by atoms with E-state index in [0.717, 1.165) is 18.6 Å². The summed E-state index contributed by atoms with van der Waals surface area (Å²) in [7, 11) is 1.49. The molecule has 0 amide bonds. The second-order valence-corrected chi connectivity index (χ2v) is 4.02. The van der Waals surface area contributed by atoms with Crippen LogP contribution in [0.4, 0.5) is 0 Å². The molecular weight excluding hydrogens is 202 g/mol. The van der Waals surface area contributed by atoms with Crippen molar-refractivity contribution < 1.29 is 9.47 Å². The van der Waals surface area contributed by atoms with Crippen LogP contribution in [0.1, 0.15) is 24.0 Å². The van der Waals surface area contributed by atoms with Gasteiger partial charge in [0.2, 0.25) is 5.90 Å². The fourth-order valence-electron chi connectivity index (χ4n) is 2.08. The van der Waals surface area contributed by atoms with E-state index >= 15 is 0 Å². The van der Waals surface area contributed by atoms with Gasteiger partial charge in [0, 0.05) is 0 Å². The van der Waals surface area contributed by atoms with Crippen molar-refractivity contribution in [1.82, 2.24) is 0 Å². The average Bonchev–Trinajstić information content (AvgIpc) is 2.35. The summed E-state index contributed by atoms with van der Waals surface area (Å²) in [6.45, 7) is 0.215. The Morgan fingerprint density at radius 3 is 2.94 bits per heavy atom. The fourth-order valence-corrected chi connectivity index (χ4v) is 2.08. The maximum Gasteiger partial charge on any atom is 0.219 e. The number of hydrogen-bond acceptors (Lipinski definition) is 3. The minimum Gasteiger partial charge on any atom is -0.484 e. The largest absolute Gasteiger partial charge is 0.484 e. The zero-order valence-electron chi connectivity index (χ0n) is 9.58. The molecule has 16 heavy (non-hydrogen) atoms. The van der Waals surface area contributed by atoms with Gasteiger partial charge in [0.1, 0.15) is 5.75 Å². The molecule has 0 spiro atoms. The van der Waals surface area contributed by atoms with Gasteiger partial charge >= 0.3 is 0 Å². The zero-order valence-corrected chi connectivity index (χ0v) is 9.58. The van der Waals surface area contributed by atoms with Crippen LogP contribution in [-0.2, 0) is 17.6 Å². The van der Waals surface area contributed by atoms with Crippen molar-refractivity contribution in [2.75, 3.05) is 13.7 Å². The average molecular weight is 219 g/mol. The summed E-state index contributed by atoms with van der Waals surface area (Å²) in [6.07, 6.45) is 4.74. The smallest absolute Gasteiger partial charge is 0.219 e. The highest BCUT2D eigenvalue weighted by molar-refractivity contribution is 5.74.